The molecule has 0 radical (unpaired) electrons. The van der Waals surface area contributed by atoms with Gasteiger partial charge in [0.2, 0.25) is 11.0 Å². The maximum absolute atomic E-state index is 12.5. The van der Waals surface area contributed by atoms with Crippen molar-refractivity contribution in [1.29, 1.82) is 0 Å². The molecule has 4 rings (SSSR count). The monoisotopic (exact) mass is 360 g/mol. The van der Waals surface area contributed by atoms with Crippen LogP contribution in [0.1, 0.15) is 30.4 Å². The lowest BCUT2D eigenvalue weighted by atomic mass is 9.74. The van der Waals surface area contributed by atoms with Gasteiger partial charge in [-0.05, 0) is 42.2 Å². The number of nitrogens with zero attached hydrogens (tertiary/aromatic N) is 3. The Balaban J connectivity index is 1.35. The average Bonchev–Trinajstić information content (AvgIpc) is 3.18. The van der Waals surface area contributed by atoms with Crippen molar-refractivity contribution in [2.45, 2.75) is 35.4 Å². The Kier molecular flexibility index (Phi) is 4.22. The topological polar surface area (TPSA) is 72.1 Å². The fourth-order valence-electron chi connectivity index (χ4n) is 3.96. The Bertz CT molecular complexity index is 753. The third-order valence-electron chi connectivity index (χ3n) is 5.28. The molecule has 1 fully saturated rings. The quantitative estimate of drug-likeness (QED) is 0.852. The number of carbonyl (C=O) groups excluding carboxylic acids is 1. The lowest BCUT2D eigenvalue weighted by Gasteiger charge is -2.40. The van der Waals surface area contributed by atoms with Gasteiger partial charge in [0.25, 0.3) is 0 Å². The van der Waals surface area contributed by atoms with Crippen molar-refractivity contribution in [1.82, 2.24) is 15.1 Å². The van der Waals surface area contributed by atoms with Crippen molar-refractivity contribution >= 4 is 34.1 Å². The Morgan fingerprint density at radius 2 is 2.04 bits per heavy atom. The molecule has 2 aliphatic rings. The summed E-state index contributed by atoms with van der Waals surface area (Å²) in [6, 6.07) is 8.82. The van der Waals surface area contributed by atoms with Crippen molar-refractivity contribution < 1.29 is 4.79 Å². The van der Waals surface area contributed by atoms with E-state index in [1.807, 2.05) is 4.90 Å². The van der Waals surface area contributed by atoms with Gasteiger partial charge in [-0.1, -0.05) is 47.4 Å². The molecule has 1 aliphatic heterocycles. The minimum atomic E-state index is 0.190. The molecule has 5 nitrogen and oxygen atoms in total. The minimum absolute atomic E-state index is 0.190. The highest BCUT2D eigenvalue weighted by Gasteiger charge is 2.41. The van der Waals surface area contributed by atoms with E-state index in [0.29, 0.717) is 16.3 Å². The highest BCUT2D eigenvalue weighted by atomic mass is 32.2. The van der Waals surface area contributed by atoms with Gasteiger partial charge in [-0.3, -0.25) is 4.79 Å². The number of aryl methyl sites for hydroxylation is 1. The number of fused-ring (bicyclic) bond motifs is 2. The van der Waals surface area contributed by atoms with Crippen molar-refractivity contribution in [3.05, 3.63) is 35.4 Å². The smallest absolute Gasteiger partial charge is 0.233 e. The number of piperidine rings is 1. The normalized spacial score (nSPS) is 18.8. The lowest BCUT2D eigenvalue weighted by Crippen LogP contribution is -2.45. The largest absolute Gasteiger partial charge is 0.374 e. The van der Waals surface area contributed by atoms with Gasteiger partial charge in [-0.25, -0.2) is 0 Å². The number of nitrogens with two attached hydrogens (primary N) is 1. The summed E-state index contributed by atoms with van der Waals surface area (Å²) >= 11 is 2.76. The summed E-state index contributed by atoms with van der Waals surface area (Å²) < 4.78 is 0.763. The first kappa shape index (κ1) is 15.9. The third-order valence-corrected chi connectivity index (χ3v) is 7.15. The number of thioether (sulfide) groups is 1. The van der Waals surface area contributed by atoms with Crippen LogP contribution < -0.4 is 5.73 Å². The van der Waals surface area contributed by atoms with E-state index in [9.17, 15) is 4.79 Å². The maximum Gasteiger partial charge on any atom is 0.233 e. The number of benzene rings is 1. The summed E-state index contributed by atoms with van der Waals surface area (Å²) in [6.07, 6.45) is 4.56. The van der Waals surface area contributed by atoms with Gasteiger partial charge in [-0.15, -0.1) is 10.2 Å². The summed E-state index contributed by atoms with van der Waals surface area (Å²) in [5.74, 6) is 0.605. The first-order valence-corrected chi connectivity index (χ1v) is 10.0. The van der Waals surface area contributed by atoms with Crippen LogP contribution in [0.4, 0.5) is 5.13 Å². The van der Waals surface area contributed by atoms with Crippen LogP contribution in [0.2, 0.25) is 0 Å². The highest BCUT2D eigenvalue weighted by Crippen LogP contribution is 2.46. The van der Waals surface area contributed by atoms with Crippen molar-refractivity contribution in [3.63, 3.8) is 0 Å². The summed E-state index contributed by atoms with van der Waals surface area (Å²) in [4.78, 5) is 14.5. The molecule has 2 aromatic rings. The van der Waals surface area contributed by atoms with Crippen LogP contribution in [-0.4, -0.2) is 39.8 Å². The van der Waals surface area contributed by atoms with Crippen LogP contribution in [0.5, 0.6) is 0 Å². The van der Waals surface area contributed by atoms with E-state index in [4.69, 9.17) is 5.73 Å². The van der Waals surface area contributed by atoms with E-state index in [1.165, 1.54) is 47.1 Å². The number of amides is 1. The highest BCUT2D eigenvalue weighted by molar-refractivity contribution is 8.01. The van der Waals surface area contributed by atoms with Crippen LogP contribution in [0, 0.1) is 0 Å². The van der Waals surface area contributed by atoms with E-state index in [0.717, 1.165) is 30.3 Å². The number of rotatable bonds is 3. The van der Waals surface area contributed by atoms with Gasteiger partial charge in [-0.2, -0.15) is 0 Å². The standard InChI is InChI=1S/C17H20N4OS2/c18-15-19-20-16(24-15)23-11-14(22)21-9-7-17(8-10-21)6-5-12-3-1-2-4-13(12)17/h1-4H,5-11H2,(H2,18,19). The molecule has 0 saturated carbocycles. The van der Waals surface area contributed by atoms with E-state index < -0.39 is 0 Å². The number of likely N-dealkylation sites (tertiary alicyclic amines) is 1. The summed E-state index contributed by atoms with van der Waals surface area (Å²) in [5, 5.41) is 8.18. The van der Waals surface area contributed by atoms with E-state index in [-0.39, 0.29) is 5.91 Å². The van der Waals surface area contributed by atoms with Gasteiger partial charge in [0.05, 0.1) is 5.75 Å². The number of nitrogen functional groups attached to an aromatic ring is 1. The Labute approximate surface area is 149 Å². The first-order chi connectivity index (χ1) is 11.7. The second-order valence-corrected chi connectivity index (χ2v) is 8.74. The summed E-state index contributed by atoms with van der Waals surface area (Å²) in [5.41, 5.74) is 8.89. The SMILES string of the molecule is Nc1nnc(SCC(=O)N2CCC3(CCc4ccccc43)CC2)s1. The van der Waals surface area contributed by atoms with Gasteiger partial charge in [0.15, 0.2) is 4.34 Å². The fourth-order valence-corrected chi connectivity index (χ4v) is 5.50. The number of hydrogen-bond donors (Lipinski definition) is 1. The summed E-state index contributed by atoms with van der Waals surface area (Å²) in [7, 11) is 0. The van der Waals surface area contributed by atoms with Crippen molar-refractivity contribution in [2.24, 2.45) is 0 Å². The molecule has 1 aliphatic carbocycles. The number of aromatic nitrogens is 2. The predicted octanol–water partition coefficient (Wildman–Crippen LogP) is 2.72. The molecule has 1 amide bonds. The molecule has 0 unspecified atom stereocenters. The van der Waals surface area contributed by atoms with E-state index >= 15 is 0 Å². The molecule has 126 valence electrons. The molecular weight excluding hydrogens is 340 g/mol. The van der Waals surface area contributed by atoms with Gasteiger partial charge in [0, 0.05) is 13.1 Å². The molecule has 2 N–H and O–H groups in total. The molecule has 1 spiro atoms. The molecule has 24 heavy (non-hydrogen) atoms. The zero-order valence-electron chi connectivity index (χ0n) is 13.4. The number of hydrogen-bond acceptors (Lipinski definition) is 6. The first-order valence-electron chi connectivity index (χ1n) is 8.24. The Morgan fingerprint density at radius 1 is 1.25 bits per heavy atom. The maximum atomic E-state index is 12.5. The van der Waals surface area contributed by atoms with Gasteiger partial charge >= 0.3 is 0 Å². The second-order valence-electron chi connectivity index (χ2n) is 6.51. The van der Waals surface area contributed by atoms with Gasteiger partial charge in [0.1, 0.15) is 0 Å². The zero-order valence-corrected chi connectivity index (χ0v) is 15.0. The number of anilines is 1. The molecular formula is C17H20N4OS2. The van der Waals surface area contributed by atoms with E-state index in [2.05, 4.69) is 34.5 Å². The fraction of sp³-hybridized carbons (Fsp3) is 0.471. The molecule has 1 aromatic carbocycles. The molecule has 2 heterocycles. The predicted molar refractivity (Wildman–Crippen MR) is 97.3 cm³/mol. The Hall–Kier alpha value is -1.60. The van der Waals surface area contributed by atoms with E-state index in [1.54, 1.807) is 0 Å². The van der Waals surface area contributed by atoms with Crippen LogP contribution >= 0.6 is 23.1 Å². The van der Waals surface area contributed by atoms with Crippen LogP contribution in [-0.2, 0) is 16.6 Å². The van der Waals surface area contributed by atoms with Gasteiger partial charge < -0.3 is 10.6 Å². The second kappa shape index (κ2) is 6.37. The zero-order chi connectivity index (χ0) is 16.6. The number of carbonyl (C=O) groups is 1. The molecule has 1 saturated heterocycles. The van der Waals surface area contributed by atoms with Crippen LogP contribution in [0.3, 0.4) is 0 Å². The molecule has 1 aromatic heterocycles. The third kappa shape index (κ3) is 2.91. The lowest BCUT2D eigenvalue weighted by molar-refractivity contribution is -0.129. The van der Waals surface area contributed by atoms with Crippen molar-refractivity contribution in [3.8, 4) is 0 Å². The van der Waals surface area contributed by atoms with Crippen LogP contribution in [0.15, 0.2) is 28.6 Å². The molecule has 0 atom stereocenters. The van der Waals surface area contributed by atoms with Crippen molar-refractivity contribution in [2.75, 3.05) is 24.6 Å². The van der Waals surface area contributed by atoms with Crippen LogP contribution in [0.25, 0.3) is 0 Å². The average molecular weight is 361 g/mol. The Morgan fingerprint density at radius 3 is 2.79 bits per heavy atom. The molecule has 0 bridgehead atoms. The minimum Gasteiger partial charge on any atom is -0.374 e. The summed E-state index contributed by atoms with van der Waals surface area (Å²) in [6.45, 7) is 1.71. The molecule has 7 heteroatoms.